The van der Waals surface area contributed by atoms with Crippen molar-refractivity contribution in [1.29, 1.82) is 0 Å². The Bertz CT molecular complexity index is 902. The Morgan fingerprint density at radius 3 is 2.65 bits per heavy atom. The summed E-state index contributed by atoms with van der Waals surface area (Å²) < 4.78 is 6.02. The predicted octanol–water partition coefficient (Wildman–Crippen LogP) is 2.54. The molecule has 7 heteroatoms. The molecule has 0 radical (unpaired) electrons. The summed E-state index contributed by atoms with van der Waals surface area (Å²) in [6.07, 6.45) is 3.25. The molecule has 2 N–H and O–H groups in total. The summed E-state index contributed by atoms with van der Waals surface area (Å²) in [7, 11) is 0. The average Bonchev–Trinajstić information content (AvgIpc) is 2.70. The first-order valence-corrected chi connectivity index (χ1v) is 8.85. The van der Waals surface area contributed by atoms with E-state index in [2.05, 4.69) is 31.7 Å². The first-order chi connectivity index (χ1) is 12.8. The van der Waals surface area contributed by atoms with Crippen molar-refractivity contribution in [3.63, 3.8) is 0 Å². The van der Waals surface area contributed by atoms with Crippen molar-refractivity contribution in [3.8, 4) is 11.6 Å². The molecule has 0 bridgehead atoms. The quantitative estimate of drug-likeness (QED) is 0.774. The Labute approximate surface area is 152 Å². The molecule has 1 fully saturated rings. The summed E-state index contributed by atoms with van der Waals surface area (Å²) in [6, 6.07) is 9.70. The summed E-state index contributed by atoms with van der Waals surface area (Å²) >= 11 is 0. The monoisotopic (exact) mass is 350 g/mol. The third kappa shape index (κ3) is 3.13. The Kier molecular flexibility index (Phi) is 4.53. The highest BCUT2D eigenvalue weighted by Gasteiger charge is 2.21. The number of para-hydroxylation sites is 1. The van der Waals surface area contributed by atoms with Gasteiger partial charge in [-0.05, 0) is 18.7 Å². The van der Waals surface area contributed by atoms with E-state index in [1.165, 1.54) is 6.33 Å². The van der Waals surface area contributed by atoms with E-state index in [-0.39, 0.29) is 0 Å². The molecule has 0 saturated carbocycles. The maximum atomic E-state index is 6.35. The molecule has 1 aliphatic heterocycles. The van der Waals surface area contributed by atoms with Crippen LogP contribution in [0.2, 0.25) is 0 Å². The maximum Gasteiger partial charge on any atom is 0.248 e. The number of hydrogen-bond donors (Lipinski definition) is 1. The van der Waals surface area contributed by atoms with E-state index < -0.39 is 0 Å². The lowest BCUT2D eigenvalue weighted by Crippen LogP contribution is -2.46. The molecular formula is C19H22N6O. The number of benzene rings is 1. The molecule has 0 atom stereocenters. The van der Waals surface area contributed by atoms with E-state index in [0.717, 1.165) is 49.4 Å². The molecule has 2 aromatic heterocycles. The molecule has 0 unspecified atom stereocenters. The summed E-state index contributed by atoms with van der Waals surface area (Å²) in [5.74, 6) is 1.74. The van der Waals surface area contributed by atoms with Crippen LogP contribution >= 0.6 is 0 Å². The van der Waals surface area contributed by atoms with Gasteiger partial charge in [-0.15, -0.1) is 0 Å². The van der Waals surface area contributed by atoms with Crippen LogP contribution in [0, 0.1) is 0 Å². The minimum absolute atomic E-state index is 0.367. The highest BCUT2D eigenvalue weighted by molar-refractivity contribution is 5.84. The zero-order valence-corrected chi connectivity index (χ0v) is 14.8. The molecule has 3 heterocycles. The van der Waals surface area contributed by atoms with Crippen LogP contribution in [-0.4, -0.2) is 52.6 Å². The normalized spacial score (nSPS) is 15.3. The second-order valence-electron chi connectivity index (χ2n) is 6.27. The van der Waals surface area contributed by atoms with Gasteiger partial charge in [0.25, 0.3) is 0 Å². The highest BCUT2D eigenvalue weighted by atomic mass is 16.5. The number of anilines is 2. The zero-order chi connectivity index (χ0) is 17.9. The molecule has 0 aliphatic carbocycles. The van der Waals surface area contributed by atoms with Crippen LogP contribution in [0.4, 0.5) is 11.5 Å². The lowest BCUT2D eigenvalue weighted by molar-refractivity contribution is 0.270. The van der Waals surface area contributed by atoms with Crippen molar-refractivity contribution in [2.45, 2.75) is 6.92 Å². The molecule has 26 heavy (non-hydrogen) atoms. The molecule has 1 aliphatic rings. The van der Waals surface area contributed by atoms with Gasteiger partial charge in [-0.2, -0.15) is 4.98 Å². The van der Waals surface area contributed by atoms with Crippen molar-refractivity contribution >= 4 is 22.4 Å². The largest absolute Gasteiger partial charge is 0.435 e. The van der Waals surface area contributed by atoms with E-state index in [9.17, 15) is 0 Å². The van der Waals surface area contributed by atoms with E-state index >= 15 is 0 Å². The number of ether oxygens (including phenoxy) is 1. The lowest BCUT2D eigenvalue weighted by Gasteiger charge is -2.35. The molecular weight excluding hydrogens is 328 g/mol. The van der Waals surface area contributed by atoms with Crippen LogP contribution < -0.4 is 15.4 Å². The molecule has 0 amide bonds. The van der Waals surface area contributed by atoms with Crippen molar-refractivity contribution in [1.82, 2.24) is 19.9 Å². The van der Waals surface area contributed by atoms with Crippen molar-refractivity contribution in [2.24, 2.45) is 0 Å². The smallest absolute Gasteiger partial charge is 0.248 e. The van der Waals surface area contributed by atoms with Crippen LogP contribution in [0.3, 0.4) is 0 Å². The summed E-state index contributed by atoms with van der Waals surface area (Å²) in [6.45, 7) is 7.04. The fourth-order valence-corrected chi connectivity index (χ4v) is 3.24. The molecule has 0 spiro atoms. The maximum absolute atomic E-state index is 6.35. The van der Waals surface area contributed by atoms with Gasteiger partial charge in [-0.1, -0.05) is 25.1 Å². The third-order valence-electron chi connectivity index (χ3n) is 4.75. The lowest BCUT2D eigenvalue weighted by atomic mass is 10.2. The molecule has 3 aromatic rings. The van der Waals surface area contributed by atoms with Crippen molar-refractivity contribution in [3.05, 3.63) is 42.9 Å². The van der Waals surface area contributed by atoms with Gasteiger partial charge in [0.15, 0.2) is 11.6 Å². The number of nitrogens with zero attached hydrogens (tertiary/aromatic N) is 5. The SMILES string of the molecule is CCN1CCN(c2ncnc(Oc3cccc4cccnc34)c2N)CC1. The van der Waals surface area contributed by atoms with Crippen LogP contribution in [0.1, 0.15) is 6.92 Å². The summed E-state index contributed by atoms with van der Waals surface area (Å²) in [5.41, 5.74) is 7.59. The average molecular weight is 350 g/mol. The first kappa shape index (κ1) is 16.5. The fraction of sp³-hybridized carbons (Fsp3) is 0.316. The number of fused-ring (bicyclic) bond motifs is 1. The second kappa shape index (κ2) is 7.13. The first-order valence-electron chi connectivity index (χ1n) is 8.85. The van der Waals surface area contributed by atoms with Gasteiger partial charge >= 0.3 is 0 Å². The number of nitrogens with two attached hydrogens (primary N) is 1. The molecule has 7 nitrogen and oxygen atoms in total. The van der Waals surface area contributed by atoms with Gasteiger partial charge in [0.05, 0.1) is 0 Å². The van der Waals surface area contributed by atoms with Crippen LogP contribution in [0.15, 0.2) is 42.9 Å². The Morgan fingerprint density at radius 1 is 1.04 bits per heavy atom. The second-order valence-corrected chi connectivity index (χ2v) is 6.27. The number of hydrogen-bond acceptors (Lipinski definition) is 7. The number of likely N-dealkylation sites (N-methyl/N-ethyl adjacent to an activating group) is 1. The molecule has 1 aromatic carbocycles. The van der Waals surface area contributed by atoms with Crippen LogP contribution in [0.25, 0.3) is 10.9 Å². The zero-order valence-electron chi connectivity index (χ0n) is 14.8. The van der Waals surface area contributed by atoms with Gasteiger partial charge in [-0.25, -0.2) is 4.98 Å². The van der Waals surface area contributed by atoms with Crippen molar-refractivity contribution < 1.29 is 4.74 Å². The summed E-state index contributed by atoms with van der Waals surface area (Å²) in [5, 5.41) is 1.01. The van der Waals surface area contributed by atoms with Gasteiger partial charge in [0, 0.05) is 37.8 Å². The van der Waals surface area contributed by atoms with Crippen LogP contribution in [-0.2, 0) is 0 Å². The van der Waals surface area contributed by atoms with Gasteiger partial charge in [-0.3, -0.25) is 4.98 Å². The Balaban J connectivity index is 1.62. The molecule has 1 saturated heterocycles. The number of rotatable bonds is 4. The van der Waals surface area contributed by atoms with E-state index in [1.54, 1.807) is 6.20 Å². The Hall–Kier alpha value is -2.93. The molecule has 4 rings (SSSR count). The minimum atomic E-state index is 0.367. The van der Waals surface area contributed by atoms with Gasteiger partial charge in [0.2, 0.25) is 5.88 Å². The number of aromatic nitrogens is 3. The van der Waals surface area contributed by atoms with E-state index in [0.29, 0.717) is 17.3 Å². The Morgan fingerprint density at radius 2 is 1.85 bits per heavy atom. The van der Waals surface area contributed by atoms with Gasteiger partial charge < -0.3 is 20.3 Å². The van der Waals surface area contributed by atoms with E-state index in [1.807, 2.05) is 30.3 Å². The minimum Gasteiger partial charge on any atom is -0.435 e. The topological polar surface area (TPSA) is 80.4 Å². The van der Waals surface area contributed by atoms with Gasteiger partial charge in [0.1, 0.15) is 17.5 Å². The van der Waals surface area contributed by atoms with Crippen molar-refractivity contribution in [2.75, 3.05) is 43.4 Å². The number of piperazine rings is 1. The standard InChI is InChI=1S/C19H22N6O/c1-2-24-9-11-25(12-10-24)18-16(20)19(23-13-22-18)26-15-7-3-5-14-6-4-8-21-17(14)15/h3-8,13H,2,9-12,20H2,1H3. The summed E-state index contributed by atoms with van der Waals surface area (Å²) in [4.78, 5) is 17.7. The van der Waals surface area contributed by atoms with E-state index in [4.69, 9.17) is 10.5 Å². The predicted molar refractivity (Wildman–Crippen MR) is 103 cm³/mol. The highest BCUT2D eigenvalue weighted by Crippen LogP contribution is 2.34. The fourth-order valence-electron chi connectivity index (χ4n) is 3.24. The third-order valence-corrected chi connectivity index (χ3v) is 4.75. The number of pyridine rings is 1. The van der Waals surface area contributed by atoms with Crippen LogP contribution in [0.5, 0.6) is 11.6 Å². The molecule has 134 valence electrons. The number of nitrogen functional groups attached to an aromatic ring is 1.